The number of amides is 2. The molecule has 0 aromatic heterocycles. The Morgan fingerprint density at radius 2 is 1.44 bits per heavy atom. The summed E-state index contributed by atoms with van der Waals surface area (Å²) in [4.78, 5) is 25.1. The Hall–Kier alpha value is -2.35. The zero-order valence-corrected chi connectivity index (χ0v) is 15.9. The van der Waals surface area contributed by atoms with Gasteiger partial charge in [0.15, 0.2) is 0 Å². The second kappa shape index (κ2) is 9.55. The van der Waals surface area contributed by atoms with Crippen LogP contribution >= 0.6 is 0 Å². The van der Waals surface area contributed by atoms with Gasteiger partial charge in [0.05, 0.1) is 11.3 Å². The predicted octanol–water partition coefficient (Wildman–Crippen LogP) is 4.14. The van der Waals surface area contributed by atoms with Crippen molar-refractivity contribution in [3.63, 3.8) is 0 Å². The molecule has 27 heavy (non-hydrogen) atoms. The molecular formula is C22H29N3O2. The number of hydrogen-bond donors (Lipinski definition) is 2. The van der Waals surface area contributed by atoms with Gasteiger partial charge in [-0.05, 0) is 50.7 Å². The van der Waals surface area contributed by atoms with E-state index in [1.165, 1.54) is 25.7 Å². The standard InChI is InChI=1S/C22H29N3O2/c23-15-18-7-5-6-10-20(18)25-22(27)17-13-11-16(12-14-17)21(26)24-19-8-3-1-2-4-9-19/h5-7,10,16-17,19H,1-4,8-9,11-14H2,(H,24,26)(H,25,27). The molecule has 0 bridgehead atoms. The van der Waals surface area contributed by atoms with Gasteiger partial charge in [-0.1, -0.05) is 37.8 Å². The third-order valence-electron chi connectivity index (χ3n) is 5.98. The molecule has 0 atom stereocenters. The lowest BCUT2D eigenvalue weighted by molar-refractivity contribution is -0.129. The number of benzene rings is 1. The second-order valence-electron chi connectivity index (χ2n) is 7.89. The molecule has 0 aliphatic heterocycles. The van der Waals surface area contributed by atoms with Crippen LogP contribution in [0.4, 0.5) is 5.69 Å². The highest BCUT2D eigenvalue weighted by atomic mass is 16.2. The maximum absolute atomic E-state index is 12.6. The van der Waals surface area contributed by atoms with E-state index in [2.05, 4.69) is 16.7 Å². The SMILES string of the molecule is N#Cc1ccccc1NC(=O)C1CCC(C(=O)NC2CCCCCC2)CC1. The second-order valence-corrected chi connectivity index (χ2v) is 7.89. The fourth-order valence-electron chi connectivity index (χ4n) is 4.28. The molecule has 1 aromatic rings. The lowest BCUT2D eigenvalue weighted by Crippen LogP contribution is -2.40. The van der Waals surface area contributed by atoms with E-state index in [1.54, 1.807) is 18.2 Å². The fourth-order valence-corrected chi connectivity index (χ4v) is 4.28. The van der Waals surface area contributed by atoms with Crippen molar-refractivity contribution in [3.8, 4) is 6.07 Å². The van der Waals surface area contributed by atoms with Crippen molar-refractivity contribution in [1.82, 2.24) is 5.32 Å². The fraction of sp³-hybridized carbons (Fsp3) is 0.591. The maximum atomic E-state index is 12.6. The molecule has 1 aromatic carbocycles. The van der Waals surface area contributed by atoms with Gasteiger partial charge in [-0.15, -0.1) is 0 Å². The van der Waals surface area contributed by atoms with Crippen LogP contribution in [0, 0.1) is 23.2 Å². The van der Waals surface area contributed by atoms with Gasteiger partial charge >= 0.3 is 0 Å². The van der Waals surface area contributed by atoms with Crippen molar-refractivity contribution in [2.24, 2.45) is 11.8 Å². The average Bonchev–Trinajstić information content (AvgIpc) is 2.97. The molecule has 144 valence electrons. The quantitative estimate of drug-likeness (QED) is 0.785. The minimum Gasteiger partial charge on any atom is -0.353 e. The summed E-state index contributed by atoms with van der Waals surface area (Å²) in [6, 6.07) is 9.48. The van der Waals surface area contributed by atoms with Crippen LogP contribution in [-0.2, 0) is 9.59 Å². The van der Waals surface area contributed by atoms with Crippen molar-refractivity contribution in [2.75, 3.05) is 5.32 Å². The van der Waals surface area contributed by atoms with Gasteiger partial charge < -0.3 is 10.6 Å². The van der Waals surface area contributed by atoms with Crippen LogP contribution in [0.5, 0.6) is 0 Å². The Morgan fingerprint density at radius 1 is 0.852 bits per heavy atom. The molecule has 3 rings (SSSR count). The molecule has 2 fully saturated rings. The zero-order chi connectivity index (χ0) is 19.1. The number of nitrogens with one attached hydrogen (secondary N) is 2. The third-order valence-corrected chi connectivity index (χ3v) is 5.98. The first kappa shape index (κ1) is 19.4. The van der Waals surface area contributed by atoms with E-state index in [9.17, 15) is 9.59 Å². The van der Waals surface area contributed by atoms with Crippen LogP contribution in [0.2, 0.25) is 0 Å². The van der Waals surface area contributed by atoms with Crippen LogP contribution in [0.1, 0.15) is 69.8 Å². The Balaban J connectivity index is 1.47. The minimum atomic E-state index is -0.0846. The summed E-state index contributed by atoms with van der Waals surface area (Å²) in [5.41, 5.74) is 1.04. The van der Waals surface area contributed by atoms with Crippen LogP contribution in [0.15, 0.2) is 24.3 Å². The Kier molecular flexibility index (Phi) is 6.86. The van der Waals surface area contributed by atoms with Crippen LogP contribution in [-0.4, -0.2) is 17.9 Å². The van der Waals surface area contributed by atoms with E-state index in [1.807, 2.05) is 6.07 Å². The number of carbonyl (C=O) groups is 2. The van der Waals surface area contributed by atoms with Crippen molar-refractivity contribution in [2.45, 2.75) is 70.3 Å². The first-order valence-electron chi connectivity index (χ1n) is 10.3. The van der Waals surface area contributed by atoms with Crippen LogP contribution < -0.4 is 10.6 Å². The molecule has 2 N–H and O–H groups in total. The summed E-state index contributed by atoms with van der Waals surface area (Å²) < 4.78 is 0. The number of anilines is 1. The molecule has 0 unspecified atom stereocenters. The summed E-state index contributed by atoms with van der Waals surface area (Å²) in [7, 11) is 0. The first-order chi connectivity index (χ1) is 13.2. The van der Waals surface area contributed by atoms with Gasteiger partial charge in [0.25, 0.3) is 0 Å². The highest BCUT2D eigenvalue weighted by molar-refractivity contribution is 5.94. The van der Waals surface area contributed by atoms with Crippen molar-refractivity contribution in [3.05, 3.63) is 29.8 Å². The van der Waals surface area contributed by atoms with Crippen LogP contribution in [0.3, 0.4) is 0 Å². The molecule has 0 spiro atoms. The number of carbonyl (C=O) groups excluding carboxylic acids is 2. The van der Waals surface area contributed by atoms with Crippen molar-refractivity contribution >= 4 is 17.5 Å². The molecule has 5 nitrogen and oxygen atoms in total. The minimum absolute atomic E-state index is 0.0312. The summed E-state index contributed by atoms with van der Waals surface area (Å²) in [5, 5.41) is 15.3. The van der Waals surface area contributed by atoms with E-state index in [-0.39, 0.29) is 23.7 Å². The number of hydrogen-bond acceptors (Lipinski definition) is 3. The largest absolute Gasteiger partial charge is 0.353 e. The van der Waals surface area contributed by atoms with E-state index < -0.39 is 0 Å². The maximum Gasteiger partial charge on any atom is 0.227 e. The molecule has 2 saturated carbocycles. The van der Waals surface area contributed by atoms with Crippen molar-refractivity contribution < 1.29 is 9.59 Å². The summed E-state index contributed by atoms with van der Waals surface area (Å²) in [6.45, 7) is 0. The first-order valence-corrected chi connectivity index (χ1v) is 10.3. The van der Waals surface area contributed by atoms with Gasteiger partial charge in [0, 0.05) is 17.9 Å². The average molecular weight is 367 g/mol. The number of rotatable bonds is 4. The number of nitrogens with zero attached hydrogens (tertiary/aromatic N) is 1. The highest BCUT2D eigenvalue weighted by Crippen LogP contribution is 2.30. The van der Waals surface area contributed by atoms with E-state index in [0.29, 0.717) is 17.3 Å². The molecule has 0 heterocycles. The molecule has 2 amide bonds. The lowest BCUT2D eigenvalue weighted by atomic mass is 9.81. The Labute approximate surface area is 161 Å². The normalized spacial score (nSPS) is 23.7. The lowest BCUT2D eigenvalue weighted by Gasteiger charge is -2.28. The van der Waals surface area contributed by atoms with E-state index >= 15 is 0 Å². The van der Waals surface area contributed by atoms with Gasteiger partial charge in [-0.3, -0.25) is 9.59 Å². The highest BCUT2D eigenvalue weighted by Gasteiger charge is 2.31. The monoisotopic (exact) mass is 367 g/mol. The van der Waals surface area contributed by atoms with E-state index in [4.69, 9.17) is 5.26 Å². The Morgan fingerprint density at radius 3 is 2.07 bits per heavy atom. The summed E-state index contributed by atoms with van der Waals surface area (Å²) in [5.74, 6) is 0.0817. The topological polar surface area (TPSA) is 82.0 Å². The predicted molar refractivity (Wildman–Crippen MR) is 105 cm³/mol. The van der Waals surface area contributed by atoms with Gasteiger partial charge in [0.1, 0.15) is 6.07 Å². The smallest absolute Gasteiger partial charge is 0.227 e. The molecule has 0 saturated heterocycles. The molecule has 0 radical (unpaired) electrons. The van der Waals surface area contributed by atoms with Gasteiger partial charge in [-0.25, -0.2) is 0 Å². The summed E-state index contributed by atoms with van der Waals surface area (Å²) in [6.07, 6.45) is 10.1. The molecule has 2 aliphatic rings. The third kappa shape index (κ3) is 5.32. The molecule has 2 aliphatic carbocycles. The molecular weight excluding hydrogens is 338 g/mol. The van der Waals surface area contributed by atoms with E-state index in [0.717, 1.165) is 38.5 Å². The summed E-state index contributed by atoms with van der Waals surface area (Å²) >= 11 is 0. The van der Waals surface area contributed by atoms with Gasteiger partial charge in [0.2, 0.25) is 11.8 Å². The number of nitriles is 1. The number of para-hydroxylation sites is 1. The molecule has 5 heteroatoms. The Bertz CT molecular complexity index is 694. The van der Waals surface area contributed by atoms with Crippen LogP contribution in [0.25, 0.3) is 0 Å². The zero-order valence-electron chi connectivity index (χ0n) is 15.9. The van der Waals surface area contributed by atoms with Gasteiger partial charge in [-0.2, -0.15) is 5.26 Å². The van der Waals surface area contributed by atoms with Crippen molar-refractivity contribution in [1.29, 1.82) is 5.26 Å².